The summed E-state index contributed by atoms with van der Waals surface area (Å²) in [6.07, 6.45) is 7.73. The van der Waals surface area contributed by atoms with E-state index in [1.807, 2.05) is 49.3 Å². The fourth-order valence-electron chi connectivity index (χ4n) is 4.16. The van der Waals surface area contributed by atoms with Gasteiger partial charge in [0, 0.05) is 55.6 Å². The molecule has 11 heteroatoms. The van der Waals surface area contributed by atoms with Gasteiger partial charge in [0.25, 0.3) is 0 Å². The number of fused-ring (bicyclic) bond motifs is 1. The molecule has 4 rings (SSSR count). The van der Waals surface area contributed by atoms with E-state index >= 15 is 0 Å². The maximum Gasteiger partial charge on any atom is 0.246 e. The van der Waals surface area contributed by atoms with Crippen LogP contribution in [0.1, 0.15) is 25.3 Å². The van der Waals surface area contributed by atoms with Crippen LogP contribution < -0.4 is 16.0 Å². The van der Waals surface area contributed by atoms with E-state index in [9.17, 15) is 14.0 Å². The van der Waals surface area contributed by atoms with Crippen LogP contribution in [0.15, 0.2) is 79.1 Å². The molecule has 0 saturated carbocycles. The van der Waals surface area contributed by atoms with Crippen molar-refractivity contribution >= 4 is 45.9 Å². The number of hydrogen-bond donors (Lipinski definition) is 3. The molecule has 0 aliphatic heterocycles. The fourth-order valence-corrected chi connectivity index (χ4v) is 4.16. The van der Waals surface area contributed by atoms with E-state index in [4.69, 9.17) is 0 Å². The van der Waals surface area contributed by atoms with E-state index in [0.29, 0.717) is 43.0 Å². The molecular formula is C34H37FN8O2. The highest BCUT2D eigenvalue weighted by molar-refractivity contribution is 5.92. The maximum absolute atomic E-state index is 13.7. The summed E-state index contributed by atoms with van der Waals surface area (Å²) in [5.41, 5.74) is 2.76. The van der Waals surface area contributed by atoms with Gasteiger partial charge in [-0.3, -0.25) is 14.6 Å². The second kappa shape index (κ2) is 15.9. The Morgan fingerprint density at radius 1 is 1.02 bits per heavy atom. The molecular weight excluding hydrogens is 571 g/mol. The first-order valence-electron chi connectivity index (χ1n) is 14.6. The minimum atomic E-state index is -0.608. The van der Waals surface area contributed by atoms with Crippen LogP contribution in [0.5, 0.6) is 0 Å². The normalized spacial score (nSPS) is 11.6. The smallest absolute Gasteiger partial charge is 0.246 e. The summed E-state index contributed by atoms with van der Waals surface area (Å²) in [6.45, 7) is 2.75. The zero-order chi connectivity index (χ0) is 32.2. The minimum Gasteiger partial charge on any atom is -0.354 e. The molecule has 3 N–H and O–H groups in total. The van der Waals surface area contributed by atoms with Crippen molar-refractivity contribution < 1.29 is 14.0 Å². The van der Waals surface area contributed by atoms with Crippen LogP contribution in [0.2, 0.25) is 0 Å². The molecule has 0 saturated heterocycles. The maximum atomic E-state index is 13.7. The first-order chi connectivity index (χ1) is 21.7. The number of anilines is 4. The fraction of sp³-hybridized carbons (Fsp3) is 0.265. The lowest BCUT2D eigenvalue weighted by Gasteiger charge is -2.23. The summed E-state index contributed by atoms with van der Waals surface area (Å²) >= 11 is 0. The molecule has 2 aromatic carbocycles. The molecule has 0 bridgehead atoms. The van der Waals surface area contributed by atoms with E-state index in [0.717, 1.165) is 16.6 Å². The lowest BCUT2D eigenvalue weighted by Crippen LogP contribution is -2.45. The van der Waals surface area contributed by atoms with E-state index in [1.165, 1.54) is 23.1 Å². The van der Waals surface area contributed by atoms with Crippen molar-refractivity contribution in [2.24, 2.45) is 0 Å². The van der Waals surface area contributed by atoms with Gasteiger partial charge in [-0.15, -0.1) is 0 Å². The summed E-state index contributed by atoms with van der Waals surface area (Å²) in [5, 5.41) is 10.2. The van der Waals surface area contributed by atoms with Crippen molar-refractivity contribution in [3.8, 4) is 11.8 Å². The number of benzene rings is 2. The van der Waals surface area contributed by atoms with Gasteiger partial charge >= 0.3 is 0 Å². The minimum absolute atomic E-state index is 0.227. The highest BCUT2D eigenvalue weighted by Crippen LogP contribution is 2.24. The highest BCUT2D eigenvalue weighted by atomic mass is 19.1. The van der Waals surface area contributed by atoms with Crippen LogP contribution in [-0.2, 0) is 9.59 Å². The van der Waals surface area contributed by atoms with Crippen molar-refractivity contribution in [3.05, 3.63) is 90.5 Å². The third-order valence-corrected chi connectivity index (χ3v) is 6.78. The second-order valence-electron chi connectivity index (χ2n) is 10.6. The number of aromatic nitrogens is 3. The molecule has 2 heterocycles. The largest absolute Gasteiger partial charge is 0.354 e. The summed E-state index contributed by atoms with van der Waals surface area (Å²) in [4.78, 5) is 41.6. The topological polar surface area (TPSA) is 115 Å². The van der Waals surface area contributed by atoms with Gasteiger partial charge in [0.05, 0.1) is 17.3 Å². The third-order valence-electron chi connectivity index (χ3n) is 6.78. The molecule has 0 aliphatic rings. The number of carbonyl (C=O) groups excluding carboxylic acids is 2. The number of carbonyl (C=O) groups is 2. The molecule has 45 heavy (non-hydrogen) atoms. The number of unbranched alkanes of at least 4 members (excludes halogenated alkanes) is 1. The number of rotatable bonds is 12. The van der Waals surface area contributed by atoms with Gasteiger partial charge < -0.3 is 25.8 Å². The molecule has 4 aromatic rings. The van der Waals surface area contributed by atoms with Crippen molar-refractivity contribution in [1.29, 1.82) is 0 Å². The average molecular weight is 609 g/mol. The van der Waals surface area contributed by atoms with Crippen LogP contribution in [0.4, 0.5) is 27.5 Å². The molecule has 10 nitrogen and oxygen atoms in total. The van der Waals surface area contributed by atoms with E-state index < -0.39 is 6.04 Å². The number of hydrogen-bond acceptors (Lipinski definition) is 8. The first kappa shape index (κ1) is 32.6. The predicted octanol–water partition coefficient (Wildman–Crippen LogP) is 4.86. The standard InChI is InChI=1S/C34H37FN8O2/c1-24(43(4)31(44)15-10-20-42(2)3)33(45)37-18-7-5-6-11-26-23-38-34(40-28-14-8-13-27(35)22-28)41-32(26)39-29-16-17-30-25(21-29)12-9-19-36-30/h8-10,12-17,19,21-24H,5,7,18,20H2,1-4H3,(H,37,45)(H2,38,39,40,41)/b15-10+/t24-/m0/s1. The second-order valence-corrected chi connectivity index (χ2v) is 10.6. The van der Waals surface area contributed by atoms with Crippen molar-refractivity contribution in [2.45, 2.75) is 25.8 Å². The molecule has 1 atom stereocenters. The zero-order valence-electron chi connectivity index (χ0n) is 25.8. The van der Waals surface area contributed by atoms with Gasteiger partial charge in [-0.2, -0.15) is 4.98 Å². The SMILES string of the molecule is C[C@@H](C(=O)NCCCC#Cc1cnc(Nc2cccc(F)c2)nc1Nc1ccc2ncccc2c1)N(C)C(=O)/C=C/CN(C)C. The van der Waals surface area contributed by atoms with Gasteiger partial charge in [0.15, 0.2) is 5.82 Å². The molecule has 0 aliphatic carbocycles. The number of amides is 2. The van der Waals surface area contributed by atoms with Gasteiger partial charge in [-0.05, 0) is 69.9 Å². The Labute approximate surface area is 262 Å². The van der Waals surface area contributed by atoms with Gasteiger partial charge in [-0.1, -0.05) is 30.0 Å². The summed E-state index contributed by atoms with van der Waals surface area (Å²) < 4.78 is 13.7. The molecule has 0 radical (unpaired) electrons. The van der Waals surface area contributed by atoms with Crippen LogP contribution in [0, 0.1) is 17.7 Å². The van der Waals surface area contributed by atoms with Crippen molar-refractivity contribution in [3.63, 3.8) is 0 Å². The Bertz CT molecular complexity index is 1730. The summed E-state index contributed by atoms with van der Waals surface area (Å²) in [6, 6.07) is 15.1. The summed E-state index contributed by atoms with van der Waals surface area (Å²) in [7, 11) is 5.44. The van der Waals surface area contributed by atoms with Crippen LogP contribution in [-0.4, -0.2) is 76.8 Å². The first-order valence-corrected chi connectivity index (χ1v) is 14.6. The molecule has 2 aromatic heterocycles. The van der Waals surface area contributed by atoms with Crippen molar-refractivity contribution in [1.82, 2.24) is 30.1 Å². The predicted molar refractivity (Wildman–Crippen MR) is 176 cm³/mol. The number of nitrogens with zero attached hydrogens (tertiary/aromatic N) is 5. The van der Waals surface area contributed by atoms with Crippen molar-refractivity contribution in [2.75, 3.05) is 44.9 Å². The Hall–Kier alpha value is -5.34. The Balaban J connectivity index is 1.39. The third kappa shape index (κ3) is 9.84. The van der Waals surface area contributed by atoms with E-state index in [-0.39, 0.29) is 23.6 Å². The van der Waals surface area contributed by atoms with Crippen LogP contribution >= 0.6 is 0 Å². The molecule has 2 amide bonds. The van der Waals surface area contributed by atoms with Crippen LogP contribution in [0.3, 0.4) is 0 Å². The number of likely N-dealkylation sites (N-methyl/N-ethyl adjacent to an activating group) is 2. The molecule has 232 valence electrons. The van der Waals surface area contributed by atoms with Gasteiger partial charge in [-0.25, -0.2) is 9.37 Å². The zero-order valence-corrected chi connectivity index (χ0v) is 25.8. The molecule has 0 fully saturated rings. The molecule has 0 spiro atoms. The Kier molecular flexibility index (Phi) is 11.5. The summed E-state index contributed by atoms with van der Waals surface area (Å²) in [5.74, 6) is 6.19. The number of halogens is 1. The molecule has 0 unspecified atom stereocenters. The van der Waals surface area contributed by atoms with E-state index in [2.05, 4.69) is 42.7 Å². The van der Waals surface area contributed by atoms with E-state index in [1.54, 1.807) is 44.6 Å². The van der Waals surface area contributed by atoms with Gasteiger partial charge in [0.1, 0.15) is 11.9 Å². The lowest BCUT2D eigenvalue weighted by atomic mass is 10.2. The number of pyridine rings is 1. The number of nitrogens with one attached hydrogen (secondary N) is 3. The van der Waals surface area contributed by atoms with Gasteiger partial charge in [0.2, 0.25) is 17.8 Å². The lowest BCUT2D eigenvalue weighted by molar-refractivity contribution is -0.135. The average Bonchev–Trinajstić information content (AvgIpc) is 3.02. The Morgan fingerprint density at radius 3 is 2.64 bits per heavy atom. The highest BCUT2D eigenvalue weighted by Gasteiger charge is 2.20. The Morgan fingerprint density at radius 2 is 1.84 bits per heavy atom. The monoisotopic (exact) mass is 608 g/mol. The quantitative estimate of drug-likeness (QED) is 0.119. The van der Waals surface area contributed by atoms with Crippen LogP contribution in [0.25, 0.3) is 10.9 Å².